The fraction of sp³-hybridized carbons (Fsp3) is 0.412. The Morgan fingerprint density at radius 2 is 2.14 bits per heavy atom. The van der Waals surface area contributed by atoms with Crippen LogP contribution in [0.4, 0.5) is 0 Å². The molecule has 1 N–H and O–H groups in total. The van der Waals surface area contributed by atoms with Crippen molar-refractivity contribution in [3.63, 3.8) is 0 Å². The van der Waals surface area contributed by atoms with Gasteiger partial charge in [-0.1, -0.05) is 28.1 Å². The largest absolute Gasteiger partial charge is 0.350 e. The van der Waals surface area contributed by atoms with Gasteiger partial charge in [0.25, 0.3) is 0 Å². The quantitative estimate of drug-likeness (QED) is 0.881. The Kier molecular flexibility index (Phi) is 5.40. The van der Waals surface area contributed by atoms with Gasteiger partial charge in [0, 0.05) is 23.6 Å². The lowest BCUT2D eigenvalue weighted by atomic mass is 10.1. The summed E-state index contributed by atoms with van der Waals surface area (Å²) in [5.41, 5.74) is 4.40. The molecule has 0 saturated carbocycles. The van der Waals surface area contributed by atoms with Crippen molar-refractivity contribution in [1.82, 2.24) is 15.1 Å². The van der Waals surface area contributed by atoms with E-state index in [1.54, 1.807) is 0 Å². The van der Waals surface area contributed by atoms with E-state index in [9.17, 15) is 4.79 Å². The summed E-state index contributed by atoms with van der Waals surface area (Å²) in [6, 6.07) is 8.00. The van der Waals surface area contributed by atoms with Gasteiger partial charge in [-0.15, -0.1) is 0 Å². The summed E-state index contributed by atoms with van der Waals surface area (Å²) >= 11 is 3.45. The number of amides is 1. The molecular formula is C17H22BrN3O. The molecule has 0 bridgehead atoms. The van der Waals surface area contributed by atoms with E-state index in [-0.39, 0.29) is 11.9 Å². The monoisotopic (exact) mass is 363 g/mol. The number of hydrogen-bond donors (Lipinski definition) is 1. The van der Waals surface area contributed by atoms with E-state index in [0.29, 0.717) is 6.42 Å². The molecule has 1 heterocycles. The molecule has 2 aromatic rings. The van der Waals surface area contributed by atoms with Gasteiger partial charge in [0.15, 0.2) is 0 Å². The summed E-state index contributed by atoms with van der Waals surface area (Å²) in [7, 11) is 1.93. The van der Waals surface area contributed by atoms with Crippen LogP contribution in [-0.2, 0) is 18.3 Å². The van der Waals surface area contributed by atoms with Crippen LogP contribution in [0.2, 0.25) is 0 Å². The highest BCUT2D eigenvalue weighted by Crippen LogP contribution is 2.18. The van der Waals surface area contributed by atoms with Crippen LogP contribution in [0.1, 0.15) is 41.9 Å². The lowest BCUT2D eigenvalue weighted by Gasteiger charge is -2.14. The summed E-state index contributed by atoms with van der Waals surface area (Å²) in [6.07, 6.45) is 1.20. The van der Waals surface area contributed by atoms with Crippen LogP contribution >= 0.6 is 15.9 Å². The molecule has 1 aromatic carbocycles. The van der Waals surface area contributed by atoms with Gasteiger partial charge in [0.2, 0.25) is 5.91 Å². The third kappa shape index (κ3) is 3.97. The Morgan fingerprint density at radius 1 is 1.41 bits per heavy atom. The predicted molar refractivity (Wildman–Crippen MR) is 91.7 cm³/mol. The van der Waals surface area contributed by atoms with Gasteiger partial charge in [0.1, 0.15) is 0 Å². The van der Waals surface area contributed by atoms with Crippen molar-refractivity contribution in [2.75, 3.05) is 0 Å². The minimum absolute atomic E-state index is 0.00101. The van der Waals surface area contributed by atoms with Gasteiger partial charge in [0.05, 0.1) is 11.7 Å². The molecule has 1 amide bonds. The Hall–Kier alpha value is -1.62. The van der Waals surface area contributed by atoms with Crippen LogP contribution in [0.15, 0.2) is 28.7 Å². The molecule has 0 radical (unpaired) electrons. The number of nitrogens with zero attached hydrogens (tertiary/aromatic N) is 2. The molecule has 22 heavy (non-hydrogen) atoms. The average Bonchev–Trinajstić information content (AvgIpc) is 2.70. The number of carbonyl (C=O) groups is 1. The normalized spacial score (nSPS) is 12.2. The molecule has 0 saturated heterocycles. The molecule has 1 aromatic heterocycles. The van der Waals surface area contributed by atoms with Gasteiger partial charge in [-0.2, -0.15) is 5.10 Å². The van der Waals surface area contributed by atoms with E-state index in [4.69, 9.17) is 0 Å². The first-order valence-corrected chi connectivity index (χ1v) is 8.21. The fourth-order valence-corrected chi connectivity index (χ4v) is 3.01. The van der Waals surface area contributed by atoms with Crippen LogP contribution in [0, 0.1) is 13.8 Å². The molecule has 0 spiro atoms. The van der Waals surface area contributed by atoms with Gasteiger partial charge in [-0.25, -0.2) is 0 Å². The van der Waals surface area contributed by atoms with E-state index < -0.39 is 0 Å². The predicted octanol–water partition coefficient (Wildman–Crippen LogP) is 3.61. The first-order valence-electron chi connectivity index (χ1n) is 7.42. The summed E-state index contributed by atoms with van der Waals surface area (Å²) < 4.78 is 2.89. The Bertz CT molecular complexity index is 679. The average molecular weight is 364 g/mol. The fourth-order valence-electron chi connectivity index (χ4n) is 2.59. The number of hydrogen-bond acceptors (Lipinski definition) is 2. The first-order chi connectivity index (χ1) is 10.4. The highest BCUT2D eigenvalue weighted by atomic mass is 79.9. The van der Waals surface area contributed by atoms with E-state index in [0.717, 1.165) is 27.8 Å². The van der Waals surface area contributed by atoms with Crippen molar-refractivity contribution in [2.24, 2.45) is 7.05 Å². The van der Waals surface area contributed by atoms with Gasteiger partial charge in [-0.05, 0) is 50.5 Å². The highest BCUT2D eigenvalue weighted by Gasteiger charge is 2.13. The summed E-state index contributed by atoms with van der Waals surface area (Å²) in [5, 5.41) is 7.44. The number of nitrogens with one attached hydrogen (secondary N) is 1. The molecular weight excluding hydrogens is 342 g/mol. The second-order valence-corrected chi connectivity index (χ2v) is 6.53. The van der Waals surface area contributed by atoms with Crippen molar-refractivity contribution in [3.8, 4) is 0 Å². The number of aromatic nitrogens is 2. The molecule has 1 unspecified atom stereocenters. The van der Waals surface area contributed by atoms with Crippen molar-refractivity contribution < 1.29 is 4.79 Å². The highest BCUT2D eigenvalue weighted by molar-refractivity contribution is 9.10. The van der Waals surface area contributed by atoms with Crippen LogP contribution in [-0.4, -0.2) is 15.7 Å². The maximum Gasteiger partial charge on any atom is 0.220 e. The second kappa shape index (κ2) is 7.09. The molecule has 0 aliphatic heterocycles. The summed E-state index contributed by atoms with van der Waals surface area (Å²) in [4.78, 5) is 12.2. The van der Waals surface area contributed by atoms with Crippen molar-refractivity contribution in [2.45, 2.75) is 39.7 Å². The Balaban J connectivity index is 1.93. The molecule has 2 rings (SSSR count). The molecule has 0 fully saturated rings. The maximum absolute atomic E-state index is 12.2. The lowest BCUT2D eigenvalue weighted by molar-refractivity contribution is -0.121. The van der Waals surface area contributed by atoms with Crippen LogP contribution in [0.25, 0.3) is 0 Å². The van der Waals surface area contributed by atoms with E-state index >= 15 is 0 Å². The summed E-state index contributed by atoms with van der Waals surface area (Å²) in [5.74, 6) is 0.0649. The third-order valence-corrected chi connectivity index (χ3v) is 4.48. The van der Waals surface area contributed by atoms with Crippen LogP contribution in [0.3, 0.4) is 0 Å². The summed E-state index contributed by atoms with van der Waals surface area (Å²) in [6.45, 7) is 6.03. The first kappa shape index (κ1) is 16.7. The van der Waals surface area contributed by atoms with Crippen molar-refractivity contribution in [1.29, 1.82) is 0 Å². The number of aryl methyl sites for hydroxylation is 2. The number of halogens is 1. The SMILES string of the molecule is Cc1nn(C)c(C)c1CCC(=O)NC(C)c1cccc(Br)c1. The van der Waals surface area contributed by atoms with Crippen molar-refractivity contribution >= 4 is 21.8 Å². The minimum atomic E-state index is 0.00101. The third-order valence-electron chi connectivity index (χ3n) is 3.99. The van der Waals surface area contributed by atoms with E-state index in [2.05, 4.69) is 26.3 Å². The molecule has 118 valence electrons. The van der Waals surface area contributed by atoms with Crippen LogP contribution in [0.5, 0.6) is 0 Å². The van der Waals surface area contributed by atoms with Gasteiger partial charge < -0.3 is 5.32 Å². The van der Waals surface area contributed by atoms with E-state index in [1.807, 2.05) is 56.8 Å². The lowest BCUT2D eigenvalue weighted by Crippen LogP contribution is -2.26. The topological polar surface area (TPSA) is 46.9 Å². The Morgan fingerprint density at radius 3 is 2.73 bits per heavy atom. The van der Waals surface area contributed by atoms with Crippen molar-refractivity contribution in [3.05, 3.63) is 51.3 Å². The standard InChI is InChI=1S/C17H22BrN3O/c1-11(14-6-5-7-15(18)10-14)19-17(22)9-8-16-12(2)20-21(4)13(16)3/h5-7,10-11H,8-9H2,1-4H3,(H,19,22). The maximum atomic E-state index is 12.2. The van der Waals surface area contributed by atoms with Gasteiger partial charge >= 0.3 is 0 Å². The number of rotatable bonds is 5. The number of carbonyl (C=O) groups excluding carboxylic acids is 1. The number of benzene rings is 1. The van der Waals surface area contributed by atoms with E-state index in [1.165, 1.54) is 5.56 Å². The molecule has 5 heteroatoms. The second-order valence-electron chi connectivity index (χ2n) is 5.62. The van der Waals surface area contributed by atoms with Gasteiger partial charge in [-0.3, -0.25) is 9.48 Å². The van der Waals surface area contributed by atoms with Crippen LogP contribution < -0.4 is 5.32 Å². The zero-order valence-electron chi connectivity index (χ0n) is 13.5. The smallest absolute Gasteiger partial charge is 0.220 e. The molecule has 0 aliphatic rings. The zero-order chi connectivity index (χ0) is 16.3. The molecule has 0 aliphatic carbocycles. The minimum Gasteiger partial charge on any atom is -0.350 e. The molecule has 4 nitrogen and oxygen atoms in total. The Labute approximate surface area is 140 Å². The zero-order valence-corrected chi connectivity index (χ0v) is 15.1. The molecule has 1 atom stereocenters.